The summed E-state index contributed by atoms with van der Waals surface area (Å²) in [6, 6.07) is 21.1. The molecule has 9 heteroatoms. The van der Waals surface area contributed by atoms with Gasteiger partial charge < -0.3 is 21.2 Å². The van der Waals surface area contributed by atoms with Gasteiger partial charge in [-0.1, -0.05) is 30.3 Å². The zero-order valence-corrected chi connectivity index (χ0v) is 18.5. The van der Waals surface area contributed by atoms with Crippen molar-refractivity contribution >= 4 is 35.0 Å². The van der Waals surface area contributed by atoms with Crippen molar-refractivity contribution in [2.45, 2.75) is 19.4 Å². The van der Waals surface area contributed by atoms with Crippen LogP contribution in [0, 0.1) is 5.41 Å². The van der Waals surface area contributed by atoms with Crippen molar-refractivity contribution in [3.63, 3.8) is 0 Å². The Morgan fingerprint density at radius 2 is 1.47 bits per heavy atom. The molecule has 3 aromatic rings. The number of nitrogens with one attached hydrogen (secondary N) is 4. The highest BCUT2D eigenvalue weighted by Gasteiger charge is 2.24. The number of carbonyl (C=O) groups is 3. The minimum absolute atomic E-state index is 0.0701. The van der Waals surface area contributed by atoms with Crippen LogP contribution in [-0.2, 0) is 16.1 Å². The SMILES string of the molecule is CC(=O)c1ccc(NOC(=O)[C@H](Cc2ccccc2)NC(=O)c2ccc(NC(=N)N)cc2)cc1. The summed E-state index contributed by atoms with van der Waals surface area (Å²) in [5.41, 5.74) is 10.6. The van der Waals surface area contributed by atoms with Crippen molar-refractivity contribution in [3.8, 4) is 0 Å². The Morgan fingerprint density at radius 3 is 2.06 bits per heavy atom. The van der Waals surface area contributed by atoms with Crippen molar-refractivity contribution in [3.05, 3.63) is 95.6 Å². The van der Waals surface area contributed by atoms with Gasteiger partial charge in [-0.05, 0) is 61.0 Å². The molecular weight excluding hydrogens is 434 g/mol. The number of rotatable bonds is 9. The van der Waals surface area contributed by atoms with Gasteiger partial charge in [0.2, 0.25) is 0 Å². The normalized spacial score (nSPS) is 11.1. The minimum Gasteiger partial charge on any atom is -0.370 e. The molecule has 0 radical (unpaired) electrons. The largest absolute Gasteiger partial charge is 0.370 e. The van der Waals surface area contributed by atoms with Crippen LogP contribution in [0.25, 0.3) is 0 Å². The third-order valence-electron chi connectivity index (χ3n) is 4.86. The second kappa shape index (κ2) is 11.3. The number of guanidine groups is 1. The van der Waals surface area contributed by atoms with E-state index in [1.807, 2.05) is 30.3 Å². The average Bonchev–Trinajstić information content (AvgIpc) is 2.83. The second-order valence-corrected chi connectivity index (χ2v) is 7.49. The number of benzene rings is 3. The van der Waals surface area contributed by atoms with Gasteiger partial charge in [0, 0.05) is 23.2 Å². The van der Waals surface area contributed by atoms with Gasteiger partial charge in [-0.15, -0.1) is 0 Å². The van der Waals surface area contributed by atoms with E-state index in [1.54, 1.807) is 48.5 Å². The summed E-state index contributed by atoms with van der Waals surface area (Å²) in [6.45, 7) is 1.46. The monoisotopic (exact) mass is 459 g/mol. The first kappa shape index (κ1) is 24.0. The standard InChI is InChI=1S/C25H25N5O4/c1-16(31)18-7-13-21(14-8-18)30-34-24(33)22(15-17-5-3-2-4-6-17)29-23(32)19-9-11-20(12-10-19)28-25(26)27/h2-14,22,30H,15H2,1H3,(H,29,32)(H4,26,27,28)/t22-/m0/s1. The molecule has 0 heterocycles. The maximum atomic E-state index is 12.8. The van der Waals surface area contributed by atoms with E-state index in [0.29, 0.717) is 22.5 Å². The molecule has 1 atom stereocenters. The van der Waals surface area contributed by atoms with Crippen LogP contribution < -0.4 is 21.8 Å². The van der Waals surface area contributed by atoms with Crippen molar-refractivity contribution in [2.75, 3.05) is 10.8 Å². The molecule has 3 rings (SSSR count). The zero-order valence-electron chi connectivity index (χ0n) is 18.5. The molecule has 34 heavy (non-hydrogen) atoms. The third-order valence-corrected chi connectivity index (χ3v) is 4.86. The van der Waals surface area contributed by atoms with Crippen LogP contribution in [0.1, 0.15) is 33.2 Å². The van der Waals surface area contributed by atoms with Gasteiger partial charge in [0.05, 0.1) is 5.69 Å². The van der Waals surface area contributed by atoms with Gasteiger partial charge >= 0.3 is 5.97 Å². The third kappa shape index (κ3) is 6.92. The van der Waals surface area contributed by atoms with Crippen LogP contribution >= 0.6 is 0 Å². The lowest BCUT2D eigenvalue weighted by molar-refractivity contribution is -0.142. The lowest BCUT2D eigenvalue weighted by Gasteiger charge is -2.18. The molecule has 3 aromatic carbocycles. The maximum absolute atomic E-state index is 12.8. The highest BCUT2D eigenvalue weighted by atomic mass is 16.7. The number of hydrogen-bond acceptors (Lipinski definition) is 6. The molecule has 9 nitrogen and oxygen atoms in total. The molecule has 1 amide bonds. The predicted octanol–water partition coefficient (Wildman–Crippen LogP) is 3.11. The molecule has 0 aliphatic rings. The first-order chi connectivity index (χ1) is 16.3. The molecular formula is C25H25N5O4. The first-order valence-electron chi connectivity index (χ1n) is 10.5. The topological polar surface area (TPSA) is 146 Å². The molecule has 0 aliphatic carbocycles. The van der Waals surface area contributed by atoms with Crippen LogP contribution in [-0.4, -0.2) is 29.7 Å². The molecule has 0 fully saturated rings. The lowest BCUT2D eigenvalue weighted by Crippen LogP contribution is -2.44. The van der Waals surface area contributed by atoms with Gasteiger partial charge in [-0.2, -0.15) is 0 Å². The number of amides is 1. The fourth-order valence-corrected chi connectivity index (χ4v) is 3.10. The van der Waals surface area contributed by atoms with Crippen LogP contribution in [0.4, 0.5) is 11.4 Å². The summed E-state index contributed by atoms with van der Waals surface area (Å²) in [7, 11) is 0. The van der Waals surface area contributed by atoms with E-state index in [-0.39, 0.29) is 18.2 Å². The molecule has 0 saturated carbocycles. The smallest absolute Gasteiger partial charge is 0.354 e. The Labute approximate surface area is 196 Å². The Bertz CT molecular complexity index is 1160. The van der Waals surface area contributed by atoms with E-state index in [0.717, 1.165) is 5.56 Å². The number of Topliss-reactive ketones (excluding diaryl/α,β-unsaturated/α-hetero) is 1. The summed E-state index contributed by atoms with van der Waals surface area (Å²) >= 11 is 0. The second-order valence-electron chi connectivity index (χ2n) is 7.49. The Balaban J connectivity index is 1.69. The van der Waals surface area contributed by atoms with Crippen molar-refractivity contribution < 1.29 is 19.2 Å². The zero-order chi connectivity index (χ0) is 24.5. The molecule has 0 saturated heterocycles. The minimum atomic E-state index is -0.964. The van der Waals surface area contributed by atoms with Crippen LogP contribution in [0.15, 0.2) is 78.9 Å². The van der Waals surface area contributed by atoms with Gasteiger partial charge in [-0.3, -0.25) is 15.0 Å². The Hall–Kier alpha value is -4.66. The van der Waals surface area contributed by atoms with Gasteiger partial charge in [0.15, 0.2) is 11.7 Å². The molecule has 174 valence electrons. The fourth-order valence-electron chi connectivity index (χ4n) is 3.10. The Morgan fingerprint density at radius 1 is 0.882 bits per heavy atom. The summed E-state index contributed by atoms with van der Waals surface area (Å²) in [5.74, 6) is -1.42. The van der Waals surface area contributed by atoms with Gasteiger partial charge in [-0.25, -0.2) is 10.3 Å². The number of nitrogens with two attached hydrogens (primary N) is 1. The fraction of sp³-hybridized carbons (Fsp3) is 0.120. The lowest BCUT2D eigenvalue weighted by atomic mass is 10.1. The molecule has 0 unspecified atom stereocenters. The quantitative estimate of drug-likeness (QED) is 0.143. The number of hydrogen-bond donors (Lipinski definition) is 5. The van der Waals surface area contributed by atoms with Crippen LogP contribution in [0.2, 0.25) is 0 Å². The van der Waals surface area contributed by atoms with Crippen LogP contribution in [0.3, 0.4) is 0 Å². The highest BCUT2D eigenvalue weighted by molar-refractivity contribution is 5.98. The van der Waals surface area contributed by atoms with Crippen LogP contribution in [0.5, 0.6) is 0 Å². The van der Waals surface area contributed by atoms with E-state index in [1.165, 1.54) is 6.92 Å². The van der Waals surface area contributed by atoms with E-state index in [4.69, 9.17) is 16.0 Å². The van der Waals surface area contributed by atoms with Crippen molar-refractivity contribution in [1.29, 1.82) is 5.41 Å². The van der Waals surface area contributed by atoms with Gasteiger partial charge in [0.25, 0.3) is 5.91 Å². The summed E-state index contributed by atoms with van der Waals surface area (Å²) in [5, 5.41) is 12.6. The molecule has 6 N–H and O–H groups in total. The van der Waals surface area contributed by atoms with E-state index >= 15 is 0 Å². The maximum Gasteiger partial charge on any atom is 0.354 e. The van der Waals surface area contributed by atoms with Crippen molar-refractivity contribution in [2.24, 2.45) is 5.73 Å². The van der Waals surface area contributed by atoms with E-state index in [9.17, 15) is 14.4 Å². The van der Waals surface area contributed by atoms with Gasteiger partial charge in [0.1, 0.15) is 6.04 Å². The summed E-state index contributed by atoms with van der Waals surface area (Å²) < 4.78 is 0. The molecule has 0 aromatic heterocycles. The highest BCUT2D eigenvalue weighted by Crippen LogP contribution is 2.13. The molecule has 0 aliphatic heterocycles. The number of carbonyl (C=O) groups excluding carboxylic acids is 3. The van der Waals surface area contributed by atoms with E-state index < -0.39 is 17.9 Å². The average molecular weight is 460 g/mol. The van der Waals surface area contributed by atoms with E-state index in [2.05, 4.69) is 16.1 Å². The summed E-state index contributed by atoms with van der Waals surface area (Å²) in [4.78, 5) is 42.3. The predicted molar refractivity (Wildman–Crippen MR) is 130 cm³/mol. The molecule has 0 bridgehead atoms. The van der Waals surface area contributed by atoms with Crippen molar-refractivity contribution in [1.82, 2.24) is 5.32 Å². The number of anilines is 2. The Kier molecular flexibility index (Phi) is 7.96. The number of ketones is 1. The molecule has 0 spiro atoms. The first-order valence-corrected chi connectivity index (χ1v) is 10.5. The summed E-state index contributed by atoms with van der Waals surface area (Å²) in [6.07, 6.45) is 0.223.